The van der Waals surface area contributed by atoms with E-state index < -0.39 is 0 Å². The predicted molar refractivity (Wildman–Crippen MR) is 72.8 cm³/mol. The molecule has 0 spiro atoms. The molecule has 2 aromatic heterocycles. The molecule has 1 fully saturated rings. The van der Waals surface area contributed by atoms with Crippen molar-refractivity contribution in [1.29, 1.82) is 0 Å². The van der Waals surface area contributed by atoms with Crippen LogP contribution in [0.2, 0.25) is 0 Å². The Hall–Kier alpha value is -1.72. The minimum absolute atomic E-state index is 0.673. The van der Waals surface area contributed by atoms with Gasteiger partial charge < -0.3 is 5.32 Å². The van der Waals surface area contributed by atoms with Gasteiger partial charge >= 0.3 is 0 Å². The Labute approximate surface area is 112 Å². The van der Waals surface area contributed by atoms with E-state index in [4.69, 9.17) is 0 Å². The fraction of sp³-hybridized carbons (Fsp3) is 0.692. The van der Waals surface area contributed by atoms with E-state index in [-0.39, 0.29) is 0 Å². The van der Waals surface area contributed by atoms with E-state index >= 15 is 0 Å². The Bertz CT molecular complexity index is 537. The molecule has 1 saturated carbocycles. The minimum Gasteiger partial charge on any atom is -0.369 e. The number of aromatic nitrogens is 5. The zero-order valence-electron chi connectivity index (χ0n) is 11.3. The molecule has 3 rings (SSSR count). The number of hydrogen-bond acceptors (Lipinski definition) is 5. The Balaban J connectivity index is 1.51. The Morgan fingerprint density at radius 2 is 2.32 bits per heavy atom. The molecule has 102 valence electrons. The van der Waals surface area contributed by atoms with Gasteiger partial charge in [-0.05, 0) is 47.2 Å². The van der Waals surface area contributed by atoms with Crippen molar-refractivity contribution in [3.8, 4) is 0 Å². The first-order valence-corrected chi connectivity index (χ1v) is 7.10. The van der Waals surface area contributed by atoms with E-state index in [0.29, 0.717) is 5.65 Å². The van der Waals surface area contributed by atoms with Crippen molar-refractivity contribution in [3.63, 3.8) is 0 Å². The van der Waals surface area contributed by atoms with Crippen molar-refractivity contribution in [2.45, 2.75) is 39.0 Å². The van der Waals surface area contributed by atoms with Crippen LogP contribution in [0.15, 0.2) is 12.1 Å². The monoisotopic (exact) mass is 260 g/mol. The standard InChI is InChI=1S/C13H20N6/c1-10-3-2-4-11(9-10)7-8-14-12-5-6-13-15-17-18-19(13)16-12/h5-6,10-11H,2-4,7-9H2,1H3,(H,14,16). The van der Waals surface area contributed by atoms with Crippen molar-refractivity contribution in [2.75, 3.05) is 11.9 Å². The van der Waals surface area contributed by atoms with Gasteiger partial charge in [0.2, 0.25) is 0 Å². The van der Waals surface area contributed by atoms with Gasteiger partial charge in [0.15, 0.2) is 5.65 Å². The summed E-state index contributed by atoms with van der Waals surface area (Å²) in [4.78, 5) is 0. The van der Waals surface area contributed by atoms with E-state index in [9.17, 15) is 0 Å². The lowest BCUT2D eigenvalue weighted by Crippen LogP contribution is -2.17. The lowest BCUT2D eigenvalue weighted by molar-refractivity contribution is 0.274. The largest absolute Gasteiger partial charge is 0.369 e. The summed E-state index contributed by atoms with van der Waals surface area (Å²) in [6, 6.07) is 3.80. The highest BCUT2D eigenvalue weighted by atomic mass is 15.6. The molecule has 0 radical (unpaired) electrons. The first-order valence-electron chi connectivity index (χ1n) is 7.10. The smallest absolute Gasteiger partial charge is 0.200 e. The van der Waals surface area contributed by atoms with Crippen LogP contribution in [0.4, 0.5) is 5.82 Å². The van der Waals surface area contributed by atoms with Gasteiger partial charge in [-0.25, -0.2) is 0 Å². The summed E-state index contributed by atoms with van der Waals surface area (Å²) < 4.78 is 1.45. The quantitative estimate of drug-likeness (QED) is 0.912. The summed E-state index contributed by atoms with van der Waals surface area (Å²) >= 11 is 0. The van der Waals surface area contributed by atoms with Crippen LogP contribution in [0.3, 0.4) is 0 Å². The number of anilines is 1. The molecule has 2 atom stereocenters. The summed E-state index contributed by atoms with van der Waals surface area (Å²) in [5, 5.41) is 18.9. The zero-order valence-corrected chi connectivity index (χ0v) is 11.3. The van der Waals surface area contributed by atoms with Gasteiger partial charge in [-0.3, -0.25) is 0 Å². The second-order valence-corrected chi connectivity index (χ2v) is 5.60. The number of nitrogens with one attached hydrogen (secondary N) is 1. The van der Waals surface area contributed by atoms with E-state index in [1.807, 2.05) is 12.1 Å². The van der Waals surface area contributed by atoms with Crippen LogP contribution in [0.5, 0.6) is 0 Å². The summed E-state index contributed by atoms with van der Waals surface area (Å²) in [6.45, 7) is 3.34. The number of fused-ring (bicyclic) bond motifs is 1. The molecule has 1 N–H and O–H groups in total. The number of rotatable bonds is 4. The number of tetrazole rings is 1. The van der Waals surface area contributed by atoms with E-state index in [1.54, 1.807) is 0 Å². The molecule has 19 heavy (non-hydrogen) atoms. The highest BCUT2D eigenvalue weighted by Crippen LogP contribution is 2.30. The Morgan fingerprint density at radius 1 is 1.37 bits per heavy atom. The summed E-state index contributed by atoms with van der Waals surface area (Å²) in [5.74, 6) is 2.60. The first-order chi connectivity index (χ1) is 9.31. The van der Waals surface area contributed by atoms with Crippen LogP contribution in [0.25, 0.3) is 5.65 Å². The third-order valence-corrected chi connectivity index (χ3v) is 3.97. The molecule has 0 saturated heterocycles. The van der Waals surface area contributed by atoms with Crippen LogP contribution >= 0.6 is 0 Å². The molecule has 0 amide bonds. The fourth-order valence-corrected chi connectivity index (χ4v) is 2.97. The van der Waals surface area contributed by atoms with Crippen molar-refractivity contribution >= 4 is 11.5 Å². The molecule has 1 aliphatic carbocycles. The third-order valence-electron chi connectivity index (χ3n) is 3.97. The van der Waals surface area contributed by atoms with Crippen molar-refractivity contribution in [3.05, 3.63) is 12.1 Å². The van der Waals surface area contributed by atoms with Crippen molar-refractivity contribution in [2.24, 2.45) is 11.8 Å². The lowest BCUT2D eigenvalue weighted by atomic mass is 9.81. The predicted octanol–water partition coefficient (Wildman–Crippen LogP) is 2.15. The van der Waals surface area contributed by atoms with Crippen molar-refractivity contribution < 1.29 is 0 Å². The lowest BCUT2D eigenvalue weighted by Gasteiger charge is -2.26. The van der Waals surface area contributed by atoms with Gasteiger partial charge in [-0.1, -0.05) is 26.2 Å². The third kappa shape index (κ3) is 3.00. The van der Waals surface area contributed by atoms with Gasteiger partial charge in [0.1, 0.15) is 5.82 Å². The zero-order chi connectivity index (χ0) is 13.1. The molecule has 0 aromatic carbocycles. The second kappa shape index (κ2) is 5.50. The number of nitrogens with zero attached hydrogens (tertiary/aromatic N) is 5. The molecule has 0 bridgehead atoms. The minimum atomic E-state index is 0.673. The average molecular weight is 260 g/mol. The SMILES string of the molecule is CC1CCCC(CCNc2ccc3nnnn3n2)C1. The maximum absolute atomic E-state index is 4.30. The van der Waals surface area contributed by atoms with Gasteiger partial charge in [-0.15, -0.1) is 14.8 Å². The first kappa shape index (κ1) is 12.3. The molecule has 2 aromatic rings. The van der Waals surface area contributed by atoms with Crippen LogP contribution in [0, 0.1) is 11.8 Å². The van der Waals surface area contributed by atoms with Crippen molar-refractivity contribution in [1.82, 2.24) is 25.3 Å². The summed E-state index contributed by atoms with van der Waals surface area (Å²) in [7, 11) is 0. The van der Waals surface area contributed by atoms with E-state index in [0.717, 1.165) is 24.2 Å². The van der Waals surface area contributed by atoms with Gasteiger partial charge in [-0.2, -0.15) is 0 Å². The molecule has 0 aliphatic heterocycles. The van der Waals surface area contributed by atoms with Gasteiger partial charge in [0, 0.05) is 6.54 Å². The van der Waals surface area contributed by atoms with E-state index in [2.05, 4.69) is 32.9 Å². The van der Waals surface area contributed by atoms with Crippen LogP contribution < -0.4 is 5.32 Å². The van der Waals surface area contributed by atoms with Gasteiger partial charge in [0.25, 0.3) is 0 Å². The molecule has 6 nitrogen and oxygen atoms in total. The summed E-state index contributed by atoms with van der Waals surface area (Å²) in [5.41, 5.74) is 0.673. The molecular weight excluding hydrogens is 240 g/mol. The average Bonchev–Trinajstić information content (AvgIpc) is 2.86. The molecule has 2 unspecified atom stereocenters. The molecule has 6 heteroatoms. The van der Waals surface area contributed by atoms with Gasteiger partial charge in [0.05, 0.1) is 0 Å². The highest BCUT2D eigenvalue weighted by Gasteiger charge is 2.18. The van der Waals surface area contributed by atoms with Crippen LogP contribution in [-0.4, -0.2) is 31.8 Å². The molecular formula is C13H20N6. The molecule has 1 aliphatic rings. The highest BCUT2D eigenvalue weighted by molar-refractivity contribution is 5.41. The number of hydrogen-bond donors (Lipinski definition) is 1. The van der Waals surface area contributed by atoms with Crippen LogP contribution in [0.1, 0.15) is 39.0 Å². The summed E-state index contributed by atoms with van der Waals surface area (Å²) in [6.07, 6.45) is 6.77. The van der Waals surface area contributed by atoms with E-state index in [1.165, 1.54) is 36.7 Å². The van der Waals surface area contributed by atoms with Crippen LogP contribution in [-0.2, 0) is 0 Å². The molecule has 2 heterocycles. The Kier molecular flexibility index (Phi) is 3.57. The fourth-order valence-electron chi connectivity index (χ4n) is 2.97. The Morgan fingerprint density at radius 3 is 3.21 bits per heavy atom. The second-order valence-electron chi connectivity index (χ2n) is 5.60. The normalized spacial score (nSPS) is 23.6. The maximum atomic E-state index is 4.30. The maximum Gasteiger partial charge on any atom is 0.200 e. The topological polar surface area (TPSA) is 68.0 Å².